The number of amides is 3. The fourth-order valence-corrected chi connectivity index (χ4v) is 6.24. The molecule has 1 saturated heterocycles. The number of ether oxygens (including phenoxy) is 2. The summed E-state index contributed by atoms with van der Waals surface area (Å²) in [6, 6.07) is 7.85. The first-order valence-corrected chi connectivity index (χ1v) is 14.1. The van der Waals surface area contributed by atoms with Crippen molar-refractivity contribution in [1.82, 2.24) is 14.8 Å². The number of carbonyl (C=O) groups is 4. The Balaban J connectivity index is 1.65. The van der Waals surface area contributed by atoms with E-state index in [0.29, 0.717) is 21.9 Å². The molecule has 232 valence electrons. The molecule has 0 saturated carbocycles. The number of thioether (sulfide) groups is 1. The van der Waals surface area contributed by atoms with Crippen LogP contribution in [-0.4, -0.2) is 80.6 Å². The van der Waals surface area contributed by atoms with E-state index in [1.54, 1.807) is 37.3 Å². The maximum Gasteiger partial charge on any atom is 0.490 e. The van der Waals surface area contributed by atoms with E-state index in [9.17, 15) is 37.5 Å². The fraction of sp³-hybridized carbons (Fsp3) is 0.464. The van der Waals surface area contributed by atoms with Crippen molar-refractivity contribution in [3.63, 3.8) is 0 Å². The number of urea groups is 1. The lowest BCUT2D eigenvalue weighted by Crippen LogP contribution is -2.65. The van der Waals surface area contributed by atoms with Gasteiger partial charge in [0, 0.05) is 5.92 Å². The number of rotatable bonds is 11. The number of alkyl halides is 3. The molecule has 43 heavy (non-hydrogen) atoms. The van der Waals surface area contributed by atoms with E-state index in [2.05, 4.69) is 9.72 Å². The topological polar surface area (TPSA) is 139 Å². The maximum atomic E-state index is 14.0. The number of aromatic nitrogens is 1. The number of nitrogens with zero attached hydrogens (tertiary/aromatic N) is 3. The Morgan fingerprint density at radius 1 is 1.16 bits per heavy atom. The smallest absolute Gasteiger partial charge is 0.480 e. The summed E-state index contributed by atoms with van der Waals surface area (Å²) in [5.74, 6) is -4.77. The van der Waals surface area contributed by atoms with Gasteiger partial charge in [-0.15, -0.1) is 11.8 Å². The molecule has 11 nitrogen and oxygen atoms in total. The average molecular weight is 626 g/mol. The van der Waals surface area contributed by atoms with Gasteiger partial charge in [-0.1, -0.05) is 37.3 Å². The molecule has 3 amide bonds. The molecule has 15 heteroatoms. The normalized spacial score (nSPS) is 20.7. The summed E-state index contributed by atoms with van der Waals surface area (Å²) in [4.78, 5) is 57.3. The van der Waals surface area contributed by atoms with Crippen molar-refractivity contribution in [2.24, 2.45) is 5.92 Å². The second kappa shape index (κ2) is 12.4. The van der Waals surface area contributed by atoms with E-state index >= 15 is 0 Å². The van der Waals surface area contributed by atoms with Crippen molar-refractivity contribution in [2.45, 2.75) is 56.1 Å². The third kappa shape index (κ3) is 6.56. The molecule has 2 aliphatic rings. The third-order valence-electron chi connectivity index (χ3n) is 7.09. The standard InChI is InChI=1S/C28H30F3N3O8S/c1-15(14-42-25(38)28(29,30)31)13-41-18(17-8-6-5-7-9-17)12-33-23-19(16(2)20(43-23)21-32-10-11-40-21)22(35)34(26(33)39)27(3,4)24(36)37/h5-11,15,18,20,23H,12-14H2,1-4H3,(H,36,37)/t15-,18-,20?,23?/m0/s1. The van der Waals surface area contributed by atoms with Gasteiger partial charge < -0.3 is 23.9 Å². The van der Waals surface area contributed by atoms with Crippen LogP contribution in [0.25, 0.3) is 0 Å². The molecular weight excluding hydrogens is 595 g/mol. The third-order valence-corrected chi connectivity index (χ3v) is 8.66. The number of carbonyl (C=O) groups excluding carboxylic acids is 3. The second-order valence-corrected chi connectivity index (χ2v) is 11.9. The summed E-state index contributed by atoms with van der Waals surface area (Å²) in [5, 5.41) is 8.57. The summed E-state index contributed by atoms with van der Waals surface area (Å²) >= 11 is 1.23. The molecule has 4 atom stereocenters. The van der Waals surface area contributed by atoms with Crippen molar-refractivity contribution in [2.75, 3.05) is 19.8 Å². The predicted molar refractivity (Wildman–Crippen MR) is 145 cm³/mol. The lowest BCUT2D eigenvalue weighted by atomic mass is 9.96. The number of carboxylic acids is 1. The fourth-order valence-electron chi connectivity index (χ4n) is 4.67. The summed E-state index contributed by atoms with van der Waals surface area (Å²) < 4.78 is 53.6. The minimum absolute atomic E-state index is 0.144. The molecule has 0 bridgehead atoms. The quantitative estimate of drug-likeness (QED) is 0.349. The van der Waals surface area contributed by atoms with Crippen molar-refractivity contribution in [3.8, 4) is 0 Å². The zero-order valence-corrected chi connectivity index (χ0v) is 24.5. The first-order valence-electron chi connectivity index (χ1n) is 13.2. The number of esters is 1. The molecule has 2 aliphatic heterocycles. The Bertz CT molecular complexity index is 1400. The molecule has 0 spiro atoms. The van der Waals surface area contributed by atoms with Crippen LogP contribution in [0.2, 0.25) is 0 Å². The maximum absolute atomic E-state index is 14.0. The number of hydrogen-bond donors (Lipinski definition) is 1. The highest BCUT2D eigenvalue weighted by Crippen LogP contribution is 2.52. The van der Waals surface area contributed by atoms with Gasteiger partial charge in [0.25, 0.3) is 5.91 Å². The number of halogens is 3. The Morgan fingerprint density at radius 2 is 1.84 bits per heavy atom. The van der Waals surface area contributed by atoms with Crippen LogP contribution in [0.4, 0.5) is 18.0 Å². The number of oxazole rings is 1. The van der Waals surface area contributed by atoms with Crippen molar-refractivity contribution in [1.29, 1.82) is 0 Å². The van der Waals surface area contributed by atoms with Gasteiger partial charge in [0.15, 0.2) is 0 Å². The van der Waals surface area contributed by atoms with Crippen LogP contribution in [0, 0.1) is 5.92 Å². The minimum atomic E-state index is -5.12. The highest BCUT2D eigenvalue weighted by atomic mass is 32.2. The van der Waals surface area contributed by atoms with Gasteiger partial charge in [-0.25, -0.2) is 24.3 Å². The van der Waals surface area contributed by atoms with Gasteiger partial charge >= 0.3 is 24.1 Å². The lowest BCUT2D eigenvalue weighted by Gasteiger charge is -2.45. The van der Waals surface area contributed by atoms with Crippen LogP contribution in [0.3, 0.4) is 0 Å². The zero-order chi connectivity index (χ0) is 31.7. The van der Waals surface area contributed by atoms with E-state index in [4.69, 9.17) is 9.15 Å². The number of benzene rings is 1. The Hall–Kier alpha value is -3.85. The summed E-state index contributed by atoms with van der Waals surface area (Å²) in [7, 11) is 0. The first kappa shape index (κ1) is 32.1. The monoisotopic (exact) mass is 625 g/mol. The van der Waals surface area contributed by atoms with Crippen molar-refractivity contribution in [3.05, 3.63) is 65.4 Å². The van der Waals surface area contributed by atoms with Gasteiger partial charge in [0.2, 0.25) is 5.89 Å². The highest BCUT2D eigenvalue weighted by molar-refractivity contribution is 8.00. The van der Waals surface area contributed by atoms with Crippen LogP contribution in [0.15, 0.2) is 58.4 Å². The van der Waals surface area contributed by atoms with Gasteiger partial charge in [0.05, 0.1) is 31.5 Å². The lowest BCUT2D eigenvalue weighted by molar-refractivity contribution is -0.201. The largest absolute Gasteiger partial charge is 0.490 e. The van der Waals surface area contributed by atoms with Crippen molar-refractivity contribution < 1.29 is 51.3 Å². The number of imide groups is 1. The summed E-state index contributed by atoms with van der Waals surface area (Å²) in [5.41, 5.74) is -0.508. The first-order chi connectivity index (χ1) is 20.1. The molecule has 2 unspecified atom stereocenters. The molecule has 1 N–H and O–H groups in total. The molecule has 3 heterocycles. The van der Waals surface area contributed by atoms with E-state index < -0.39 is 64.8 Å². The van der Waals surface area contributed by atoms with Gasteiger partial charge in [-0.2, -0.15) is 13.2 Å². The Kier molecular flexibility index (Phi) is 9.25. The SMILES string of the molecule is CC1=C2C(=O)N(C(C)(C)C(=O)O)C(=O)N(C[C@H](OC[C@H](C)COC(=O)C(F)(F)F)c3ccccc3)C2SC1c1ncco1. The molecular formula is C28H30F3N3O8S. The van der Waals surface area contributed by atoms with Crippen molar-refractivity contribution >= 4 is 35.6 Å². The Labute approximate surface area is 249 Å². The van der Waals surface area contributed by atoms with Crippen LogP contribution in [0.1, 0.15) is 50.5 Å². The summed E-state index contributed by atoms with van der Waals surface area (Å²) in [6.07, 6.45) is -3.14. The van der Waals surface area contributed by atoms with Crippen LogP contribution in [0.5, 0.6) is 0 Å². The molecule has 0 radical (unpaired) electrons. The van der Waals surface area contributed by atoms with E-state index in [1.807, 2.05) is 0 Å². The van der Waals surface area contributed by atoms with Crippen LogP contribution in [-0.2, 0) is 23.9 Å². The number of hydrogen-bond acceptors (Lipinski definition) is 9. The predicted octanol–water partition coefficient (Wildman–Crippen LogP) is 4.73. The van der Waals surface area contributed by atoms with E-state index in [0.717, 1.165) is 0 Å². The highest BCUT2D eigenvalue weighted by Gasteiger charge is 2.55. The molecule has 1 fully saturated rings. The molecule has 2 aromatic rings. The molecule has 4 rings (SSSR count). The number of aliphatic carboxylic acids is 1. The minimum Gasteiger partial charge on any atom is -0.480 e. The van der Waals surface area contributed by atoms with Gasteiger partial charge in [0.1, 0.15) is 28.5 Å². The molecule has 0 aliphatic carbocycles. The average Bonchev–Trinajstić information content (AvgIpc) is 3.59. The summed E-state index contributed by atoms with van der Waals surface area (Å²) in [6.45, 7) is 4.89. The van der Waals surface area contributed by atoms with Gasteiger partial charge in [-0.05, 0) is 31.9 Å². The Morgan fingerprint density at radius 3 is 2.42 bits per heavy atom. The number of carboxylic acid groups (broad SMARTS) is 1. The zero-order valence-electron chi connectivity index (χ0n) is 23.7. The van der Waals surface area contributed by atoms with Gasteiger partial charge in [-0.3, -0.25) is 4.79 Å². The van der Waals surface area contributed by atoms with E-state index in [-0.39, 0.29) is 18.7 Å². The van der Waals surface area contributed by atoms with Crippen LogP contribution >= 0.6 is 11.8 Å². The molecule has 1 aromatic carbocycles. The second-order valence-electron chi connectivity index (χ2n) is 10.7. The molecule has 1 aromatic heterocycles. The van der Waals surface area contributed by atoms with Crippen LogP contribution < -0.4 is 0 Å². The van der Waals surface area contributed by atoms with E-state index in [1.165, 1.54) is 49.9 Å². The number of fused-ring (bicyclic) bond motifs is 1.